The average molecular weight is 280 g/mol. The van der Waals surface area contributed by atoms with E-state index >= 15 is 0 Å². The fourth-order valence-corrected chi connectivity index (χ4v) is 2.26. The Morgan fingerprint density at radius 1 is 1.58 bits per heavy atom. The Labute approximate surface area is 115 Å². The Morgan fingerprint density at radius 3 is 3.21 bits per heavy atom. The van der Waals surface area contributed by atoms with Gasteiger partial charge in [0.05, 0.1) is 24.9 Å². The van der Waals surface area contributed by atoms with Gasteiger partial charge in [-0.1, -0.05) is 0 Å². The molecule has 0 aromatic carbocycles. The van der Waals surface area contributed by atoms with Gasteiger partial charge in [0.1, 0.15) is 0 Å². The molecule has 0 atom stereocenters. The number of aromatic amines is 1. The van der Waals surface area contributed by atoms with Crippen molar-refractivity contribution >= 4 is 22.4 Å². The maximum Gasteiger partial charge on any atom is 0.306 e. The number of nitrogens with zero attached hydrogens (tertiary/aromatic N) is 2. The molecular formula is C12H16N4O2S. The number of anilines is 1. The molecule has 7 heteroatoms. The summed E-state index contributed by atoms with van der Waals surface area (Å²) in [5.74, 6) is -0.177. The number of aryl methyl sites for hydroxylation is 1. The molecule has 2 aromatic heterocycles. The molecule has 0 spiro atoms. The summed E-state index contributed by atoms with van der Waals surface area (Å²) >= 11 is 1.53. The van der Waals surface area contributed by atoms with Crippen molar-refractivity contribution in [3.63, 3.8) is 0 Å². The summed E-state index contributed by atoms with van der Waals surface area (Å²) in [6.45, 7) is 2.91. The lowest BCUT2D eigenvalue weighted by Crippen LogP contribution is -2.05. The van der Waals surface area contributed by atoms with Crippen molar-refractivity contribution in [2.24, 2.45) is 0 Å². The van der Waals surface area contributed by atoms with Crippen LogP contribution in [0.2, 0.25) is 0 Å². The Kier molecular flexibility index (Phi) is 4.91. The minimum Gasteiger partial charge on any atom is -0.466 e. The van der Waals surface area contributed by atoms with Crippen LogP contribution >= 0.6 is 11.3 Å². The molecule has 0 aliphatic carbocycles. The summed E-state index contributed by atoms with van der Waals surface area (Å²) in [6, 6.07) is 0. The number of rotatable bonds is 7. The number of esters is 1. The van der Waals surface area contributed by atoms with E-state index in [2.05, 4.69) is 20.5 Å². The number of thiazole rings is 1. The van der Waals surface area contributed by atoms with Crippen molar-refractivity contribution in [1.82, 2.24) is 15.2 Å². The molecule has 0 saturated carbocycles. The van der Waals surface area contributed by atoms with Crippen molar-refractivity contribution in [2.75, 3.05) is 11.9 Å². The highest BCUT2D eigenvalue weighted by Gasteiger charge is 2.06. The molecule has 2 N–H and O–H groups in total. The summed E-state index contributed by atoms with van der Waals surface area (Å²) < 4.78 is 4.88. The van der Waals surface area contributed by atoms with Gasteiger partial charge in [0, 0.05) is 30.1 Å². The fraction of sp³-hybridized carbons (Fsp3) is 0.417. The number of hydrogen-bond acceptors (Lipinski definition) is 6. The zero-order chi connectivity index (χ0) is 13.5. The van der Waals surface area contributed by atoms with E-state index in [4.69, 9.17) is 4.74 Å². The maximum absolute atomic E-state index is 11.2. The van der Waals surface area contributed by atoms with Gasteiger partial charge in [-0.3, -0.25) is 9.89 Å². The van der Waals surface area contributed by atoms with Gasteiger partial charge in [-0.15, -0.1) is 11.3 Å². The number of H-pyrrole nitrogens is 1. The summed E-state index contributed by atoms with van der Waals surface area (Å²) in [4.78, 5) is 15.6. The van der Waals surface area contributed by atoms with Gasteiger partial charge in [-0.2, -0.15) is 5.10 Å². The number of carbonyl (C=O) groups is 1. The third kappa shape index (κ3) is 4.36. The Balaban J connectivity index is 1.77. The summed E-state index contributed by atoms with van der Waals surface area (Å²) in [6.07, 6.45) is 4.59. The number of nitrogens with one attached hydrogen (secondary N) is 2. The van der Waals surface area contributed by atoms with Gasteiger partial charge in [0.25, 0.3) is 0 Å². The van der Waals surface area contributed by atoms with Crippen LogP contribution in [0.15, 0.2) is 17.8 Å². The zero-order valence-electron chi connectivity index (χ0n) is 10.7. The molecule has 0 aliphatic rings. The maximum atomic E-state index is 11.2. The lowest BCUT2D eigenvalue weighted by atomic mass is 10.2. The normalized spacial score (nSPS) is 10.4. The van der Waals surface area contributed by atoms with E-state index in [1.165, 1.54) is 11.3 Å². The predicted octanol–water partition coefficient (Wildman–Crippen LogP) is 1.97. The highest BCUT2D eigenvalue weighted by atomic mass is 32.1. The van der Waals surface area contributed by atoms with E-state index in [1.807, 2.05) is 11.6 Å². The summed E-state index contributed by atoms with van der Waals surface area (Å²) in [5.41, 5.74) is 1.98. The van der Waals surface area contributed by atoms with Crippen molar-refractivity contribution < 1.29 is 9.53 Å². The molecule has 102 valence electrons. The van der Waals surface area contributed by atoms with Crippen LogP contribution in [0.1, 0.15) is 24.6 Å². The van der Waals surface area contributed by atoms with Crippen molar-refractivity contribution in [2.45, 2.75) is 26.3 Å². The molecule has 6 nitrogen and oxygen atoms in total. The minimum atomic E-state index is -0.177. The lowest BCUT2D eigenvalue weighted by Gasteiger charge is -2.00. The third-order valence-corrected chi connectivity index (χ3v) is 3.29. The zero-order valence-corrected chi connectivity index (χ0v) is 11.5. The van der Waals surface area contributed by atoms with Gasteiger partial charge >= 0.3 is 5.97 Å². The second kappa shape index (κ2) is 6.89. The monoisotopic (exact) mass is 280 g/mol. The molecule has 19 heavy (non-hydrogen) atoms. The first-order valence-electron chi connectivity index (χ1n) is 6.09. The molecule has 0 fully saturated rings. The smallest absolute Gasteiger partial charge is 0.306 e. The average Bonchev–Trinajstić information content (AvgIpc) is 3.06. The lowest BCUT2D eigenvalue weighted by molar-refractivity contribution is -0.143. The van der Waals surface area contributed by atoms with E-state index in [-0.39, 0.29) is 5.97 Å². The van der Waals surface area contributed by atoms with E-state index in [9.17, 15) is 4.79 Å². The predicted molar refractivity (Wildman–Crippen MR) is 73.0 cm³/mol. The molecular weight excluding hydrogens is 264 g/mol. The number of ether oxygens (including phenoxy) is 1. The van der Waals surface area contributed by atoms with Crippen LogP contribution in [0, 0.1) is 0 Å². The Hall–Kier alpha value is -1.89. The molecule has 0 saturated heterocycles. The molecule has 0 bridgehead atoms. The van der Waals surface area contributed by atoms with E-state index in [1.54, 1.807) is 13.1 Å². The fourth-order valence-electron chi connectivity index (χ4n) is 1.52. The quantitative estimate of drug-likeness (QED) is 0.758. The van der Waals surface area contributed by atoms with Crippen molar-refractivity contribution in [3.05, 3.63) is 29.0 Å². The van der Waals surface area contributed by atoms with E-state index < -0.39 is 0 Å². The van der Waals surface area contributed by atoms with E-state index in [0.717, 1.165) is 16.4 Å². The number of aromatic nitrogens is 3. The first-order valence-corrected chi connectivity index (χ1v) is 6.97. The number of hydrogen-bond donors (Lipinski definition) is 2. The van der Waals surface area contributed by atoms with Crippen molar-refractivity contribution in [3.8, 4) is 0 Å². The van der Waals surface area contributed by atoms with Crippen LogP contribution in [-0.4, -0.2) is 27.8 Å². The van der Waals surface area contributed by atoms with E-state index in [0.29, 0.717) is 26.0 Å². The van der Waals surface area contributed by atoms with Gasteiger partial charge in [0.15, 0.2) is 5.13 Å². The second-order valence-corrected chi connectivity index (χ2v) is 4.77. The second-order valence-electron chi connectivity index (χ2n) is 3.91. The Morgan fingerprint density at radius 2 is 2.47 bits per heavy atom. The van der Waals surface area contributed by atoms with Crippen LogP contribution in [0.5, 0.6) is 0 Å². The van der Waals surface area contributed by atoms with Gasteiger partial charge in [-0.05, 0) is 6.92 Å². The van der Waals surface area contributed by atoms with Crippen LogP contribution in [0.4, 0.5) is 5.13 Å². The molecule has 0 unspecified atom stereocenters. The van der Waals surface area contributed by atoms with Crippen molar-refractivity contribution in [1.29, 1.82) is 0 Å². The van der Waals surface area contributed by atoms with Crippen LogP contribution in [-0.2, 0) is 22.5 Å². The Bertz CT molecular complexity index is 510. The molecule has 2 heterocycles. The van der Waals surface area contributed by atoms with Crippen LogP contribution < -0.4 is 5.32 Å². The first-order chi connectivity index (χ1) is 9.28. The summed E-state index contributed by atoms with van der Waals surface area (Å²) in [7, 11) is 0. The molecule has 0 radical (unpaired) electrons. The van der Waals surface area contributed by atoms with Gasteiger partial charge in [0.2, 0.25) is 0 Å². The largest absolute Gasteiger partial charge is 0.466 e. The molecule has 2 aromatic rings. The SMILES string of the molecule is CCOC(=O)CCc1csc(NCc2cn[nH]c2)n1. The standard InChI is InChI=1S/C12H16N4O2S/c1-2-18-11(17)4-3-10-8-19-12(16-10)13-5-9-6-14-15-7-9/h6-8H,2-5H2,1H3,(H,13,16)(H,14,15). The topological polar surface area (TPSA) is 79.9 Å². The first kappa shape index (κ1) is 13.5. The molecule has 0 aliphatic heterocycles. The van der Waals surface area contributed by atoms with Crippen LogP contribution in [0.3, 0.4) is 0 Å². The molecule has 2 rings (SSSR count). The third-order valence-electron chi connectivity index (χ3n) is 2.44. The molecule has 0 amide bonds. The van der Waals surface area contributed by atoms with Gasteiger partial charge < -0.3 is 10.1 Å². The van der Waals surface area contributed by atoms with Gasteiger partial charge in [-0.25, -0.2) is 4.98 Å². The minimum absolute atomic E-state index is 0.177. The highest BCUT2D eigenvalue weighted by molar-refractivity contribution is 7.13. The van der Waals surface area contributed by atoms with Crippen LogP contribution in [0.25, 0.3) is 0 Å². The highest BCUT2D eigenvalue weighted by Crippen LogP contribution is 2.17. The summed E-state index contributed by atoms with van der Waals surface area (Å²) in [5, 5.41) is 12.6. The number of carbonyl (C=O) groups excluding carboxylic acids is 1.